The van der Waals surface area contributed by atoms with Crippen LogP contribution in [0.2, 0.25) is 0 Å². The van der Waals surface area contributed by atoms with E-state index >= 15 is 0 Å². The van der Waals surface area contributed by atoms with Gasteiger partial charge in [-0.2, -0.15) is 5.16 Å². The molecule has 0 radical (unpaired) electrons. The Kier molecular flexibility index (Phi) is 7.91. The van der Waals surface area contributed by atoms with Gasteiger partial charge in [0.25, 0.3) is 11.3 Å². The van der Waals surface area contributed by atoms with Crippen LogP contribution in [0, 0.1) is 5.92 Å². The number of carbonyl (C=O) groups excluding carboxylic acids is 3. The van der Waals surface area contributed by atoms with Gasteiger partial charge >= 0.3 is 17.9 Å². The molecule has 13 heteroatoms. The lowest BCUT2D eigenvalue weighted by Crippen LogP contribution is -2.46. The predicted octanol–water partition coefficient (Wildman–Crippen LogP) is 5.18. The van der Waals surface area contributed by atoms with Gasteiger partial charge in [-0.3, -0.25) is 14.4 Å². The first-order valence-corrected chi connectivity index (χ1v) is 15.7. The van der Waals surface area contributed by atoms with Gasteiger partial charge in [0.15, 0.2) is 0 Å². The molecule has 0 spiro atoms. The van der Waals surface area contributed by atoms with E-state index in [1.807, 2.05) is 39.0 Å². The molecule has 2 saturated heterocycles. The summed E-state index contributed by atoms with van der Waals surface area (Å²) in [6, 6.07) is 7.27. The molecule has 3 aromatic heterocycles. The van der Waals surface area contributed by atoms with E-state index in [-0.39, 0.29) is 40.8 Å². The summed E-state index contributed by atoms with van der Waals surface area (Å²) in [6.07, 6.45) is 4.36. The SMILES string of the molecule is C[C@H]1CC[C@H](c2ccc3sc(C4CCN(C(=O)OC(C)(C)C)CC4)nc3c2)N(C(=O)C(=O)Nc2cnc3o[nH]c(=O)c3c2)C1. The Hall–Kier alpha value is -4.26. The standard InChI is InChI=1S/C31H36N6O6S/c1-17-5-7-23(37(16-17)29(40)26(39)33-20-14-21-25(38)35-43-27(21)32-15-20)19-6-8-24-22(13-19)34-28(44-24)18-9-11-36(12-10-18)30(41)42-31(2,3)4/h6,8,13-15,17-18,23H,5,7,9-12,16H2,1-4H3,(H,33,39)(H,35,38)/t17-,23+/m0/s1. The molecule has 1 aromatic carbocycles. The Morgan fingerprint density at radius 2 is 1.89 bits per heavy atom. The quantitative estimate of drug-likeness (QED) is 0.298. The number of nitrogens with zero attached hydrogens (tertiary/aromatic N) is 4. The molecule has 3 amide bonds. The third kappa shape index (κ3) is 6.19. The van der Waals surface area contributed by atoms with Crippen molar-refractivity contribution in [1.82, 2.24) is 24.9 Å². The van der Waals surface area contributed by atoms with Crippen LogP contribution < -0.4 is 10.9 Å². The summed E-state index contributed by atoms with van der Waals surface area (Å²) >= 11 is 1.67. The number of benzene rings is 1. The summed E-state index contributed by atoms with van der Waals surface area (Å²) in [4.78, 5) is 63.4. The fraction of sp³-hybridized carbons (Fsp3) is 0.484. The topological polar surface area (TPSA) is 151 Å². The molecule has 4 aromatic rings. The Balaban J connectivity index is 1.16. The van der Waals surface area contributed by atoms with Gasteiger partial charge in [0.1, 0.15) is 11.0 Å². The van der Waals surface area contributed by atoms with E-state index in [1.165, 1.54) is 12.3 Å². The smallest absolute Gasteiger partial charge is 0.410 e. The van der Waals surface area contributed by atoms with Gasteiger partial charge in [0.2, 0.25) is 0 Å². The number of nitrogens with one attached hydrogen (secondary N) is 2. The molecule has 0 unspecified atom stereocenters. The summed E-state index contributed by atoms with van der Waals surface area (Å²) in [6.45, 7) is 9.39. The van der Waals surface area contributed by atoms with E-state index in [9.17, 15) is 19.2 Å². The minimum Gasteiger partial charge on any atom is -0.444 e. The van der Waals surface area contributed by atoms with Crippen molar-refractivity contribution in [3.05, 3.63) is 51.4 Å². The molecule has 2 aliphatic heterocycles. The number of ether oxygens (including phenoxy) is 1. The van der Waals surface area contributed by atoms with Crippen molar-refractivity contribution in [2.45, 2.75) is 70.9 Å². The first kappa shape index (κ1) is 29.8. The van der Waals surface area contributed by atoms with Crippen molar-refractivity contribution in [2.24, 2.45) is 5.92 Å². The highest BCUT2D eigenvalue weighted by Gasteiger charge is 2.35. The highest BCUT2D eigenvalue weighted by Crippen LogP contribution is 2.38. The maximum absolute atomic E-state index is 13.5. The first-order chi connectivity index (χ1) is 20.9. The average molecular weight is 621 g/mol. The lowest BCUT2D eigenvalue weighted by Gasteiger charge is -2.38. The second kappa shape index (κ2) is 11.7. The lowest BCUT2D eigenvalue weighted by molar-refractivity contribution is -0.146. The van der Waals surface area contributed by atoms with Crippen LogP contribution in [0.25, 0.3) is 21.3 Å². The molecule has 0 aliphatic carbocycles. The van der Waals surface area contributed by atoms with Gasteiger partial charge < -0.3 is 24.4 Å². The molecular formula is C31H36N6O6S. The largest absolute Gasteiger partial charge is 0.444 e. The summed E-state index contributed by atoms with van der Waals surface area (Å²) in [5.74, 6) is -0.927. The number of piperidine rings is 2. The van der Waals surface area contributed by atoms with Crippen LogP contribution in [0.4, 0.5) is 10.5 Å². The molecule has 6 rings (SSSR count). The van der Waals surface area contributed by atoms with Crippen molar-refractivity contribution >= 4 is 56.2 Å². The van der Waals surface area contributed by atoms with E-state index in [0.29, 0.717) is 19.6 Å². The number of rotatable bonds is 3. The number of aromatic nitrogens is 3. The molecule has 2 N–H and O–H groups in total. The molecule has 12 nitrogen and oxygen atoms in total. The van der Waals surface area contributed by atoms with Crippen LogP contribution in [-0.4, -0.2) is 68.1 Å². The fourth-order valence-electron chi connectivity index (χ4n) is 5.93. The van der Waals surface area contributed by atoms with Crippen LogP contribution in [-0.2, 0) is 14.3 Å². The Morgan fingerprint density at radius 1 is 1.11 bits per heavy atom. The number of likely N-dealkylation sites (tertiary alicyclic amines) is 2. The Bertz CT molecular complexity index is 1780. The highest BCUT2D eigenvalue weighted by molar-refractivity contribution is 7.18. The summed E-state index contributed by atoms with van der Waals surface area (Å²) in [5, 5.41) is 6.03. The van der Waals surface area contributed by atoms with E-state index in [0.717, 1.165) is 46.5 Å². The molecule has 2 atom stereocenters. The summed E-state index contributed by atoms with van der Waals surface area (Å²) in [7, 11) is 0. The van der Waals surface area contributed by atoms with Crippen molar-refractivity contribution in [2.75, 3.05) is 25.0 Å². The maximum atomic E-state index is 13.5. The molecule has 5 heterocycles. The molecule has 44 heavy (non-hydrogen) atoms. The minimum atomic E-state index is -0.792. The third-order valence-electron chi connectivity index (χ3n) is 8.18. The van der Waals surface area contributed by atoms with Gasteiger partial charge in [-0.25, -0.2) is 14.8 Å². The van der Waals surface area contributed by atoms with Gasteiger partial charge in [-0.15, -0.1) is 11.3 Å². The summed E-state index contributed by atoms with van der Waals surface area (Å²) < 4.78 is 11.6. The number of thiazole rings is 1. The van der Waals surface area contributed by atoms with Crippen LogP contribution >= 0.6 is 11.3 Å². The number of hydrogen-bond acceptors (Lipinski definition) is 9. The molecule has 0 bridgehead atoms. The molecular weight excluding hydrogens is 584 g/mol. The van der Waals surface area contributed by atoms with E-state index in [1.54, 1.807) is 21.1 Å². The molecule has 2 aliphatic rings. The monoisotopic (exact) mass is 620 g/mol. The second-order valence-corrected chi connectivity index (χ2v) is 13.8. The zero-order valence-corrected chi connectivity index (χ0v) is 26.0. The van der Waals surface area contributed by atoms with Gasteiger partial charge in [-0.1, -0.05) is 13.0 Å². The van der Waals surface area contributed by atoms with Crippen molar-refractivity contribution in [1.29, 1.82) is 0 Å². The van der Waals surface area contributed by atoms with Crippen molar-refractivity contribution < 1.29 is 23.6 Å². The van der Waals surface area contributed by atoms with Crippen LogP contribution in [0.5, 0.6) is 0 Å². The lowest BCUT2D eigenvalue weighted by atomic mass is 9.89. The number of anilines is 1. The molecule has 232 valence electrons. The van der Waals surface area contributed by atoms with Crippen molar-refractivity contribution in [3.8, 4) is 0 Å². The Labute approximate surface area is 257 Å². The van der Waals surface area contributed by atoms with Crippen LogP contribution in [0.1, 0.15) is 75.9 Å². The number of amides is 3. The Morgan fingerprint density at radius 3 is 2.64 bits per heavy atom. The van der Waals surface area contributed by atoms with E-state index in [4.69, 9.17) is 14.2 Å². The van der Waals surface area contributed by atoms with Gasteiger partial charge in [0, 0.05) is 25.6 Å². The zero-order valence-electron chi connectivity index (χ0n) is 25.2. The number of carbonyl (C=O) groups is 3. The van der Waals surface area contributed by atoms with Gasteiger partial charge in [-0.05, 0) is 76.1 Å². The fourth-order valence-corrected chi connectivity index (χ4v) is 7.05. The van der Waals surface area contributed by atoms with Crippen LogP contribution in [0.3, 0.4) is 0 Å². The number of H-pyrrole nitrogens is 1. The summed E-state index contributed by atoms with van der Waals surface area (Å²) in [5.41, 5.74) is 1.18. The zero-order chi connectivity index (χ0) is 31.2. The number of aromatic amines is 1. The predicted molar refractivity (Wildman–Crippen MR) is 166 cm³/mol. The second-order valence-electron chi connectivity index (χ2n) is 12.7. The van der Waals surface area contributed by atoms with E-state index < -0.39 is 23.0 Å². The maximum Gasteiger partial charge on any atom is 0.410 e. The van der Waals surface area contributed by atoms with Gasteiger partial charge in [0.05, 0.1) is 33.2 Å². The van der Waals surface area contributed by atoms with E-state index in [2.05, 4.69) is 22.4 Å². The number of fused-ring (bicyclic) bond motifs is 2. The third-order valence-corrected chi connectivity index (χ3v) is 9.37. The number of pyridine rings is 1. The average Bonchev–Trinajstić information content (AvgIpc) is 3.58. The first-order valence-electron chi connectivity index (χ1n) is 14.9. The van der Waals surface area contributed by atoms with Crippen LogP contribution in [0.15, 0.2) is 39.8 Å². The normalized spacial score (nSPS) is 19.8. The molecule has 0 saturated carbocycles. The highest BCUT2D eigenvalue weighted by atomic mass is 32.1. The molecule has 2 fully saturated rings. The van der Waals surface area contributed by atoms with Crippen molar-refractivity contribution in [3.63, 3.8) is 0 Å². The number of hydrogen-bond donors (Lipinski definition) is 2. The minimum absolute atomic E-state index is 0.121.